The Morgan fingerprint density at radius 2 is 2.04 bits per heavy atom. The summed E-state index contributed by atoms with van der Waals surface area (Å²) < 4.78 is 28.8. The number of β-amino-alcohol motifs (C(OH)–C–C–N with tert-alkyl or cyclic N) is 1. The third kappa shape index (κ3) is 6.37. The van der Waals surface area contributed by atoms with Crippen molar-refractivity contribution < 1.29 is 13.5 Å². The van der Waals surface area contributed by atoms with Crippen molar-refractivity contribution in [2.45, 2.75) is 44.4 Å². The Labute approximate surface area is 142 Å². The van der Waals surface area contributed by atoms with E-state index in [-0.39, 0.29) is 18.2 Å². The van der Waals surface area contributed by atoms with Gasteiger partial charge in [-0.2, -0.15) is 13.1 Å². The first kappa shape index (κ1) is 18.6. The number of halogens is 1. The van der Waals surface area contributed by atoms with Gasteiger partial charge in [0.1, 0.15) is 0 Å². The van der Waals surface area contributed by atoms with Crippen LogP contribution >= 0.6 is 11.6 Å². The van der Waals surface area contributed by atoms with E-state index >= 15 is 0 Å². The Balaban J connectivity index is 1.68. The van der Waals surface area contributed by atoms with Crippen molar-refractivity contribution in [3.05, 3.63) is 34.9 Å². The Morgan fingerprint density at radius 3 is 2.65 bits per heavy atom. The summed E-state index contributed by atoms with van der Waals surface area (Å²) >= 11 is 5.79. The van der Waals surface area contributed by atoms with Crippen molar-refractivity contribution in [2.24, 2.45) is 0 Å². The molecule has 0 radical (unpaired) electrons. The maximum atomic E-state index is 11.9. The van der Waals surface area contributed by atoms with Crippen molar-refractivity contribution in [3.63, 3.8) is 0 Å². The molecule has 0 aliphatic carbocycles. The molecule has 4 N–H and O–H groups in total. The van der Waals surface area contributed by atoms with Crippen molar-refractivity contribution in [3.8, 4) is 0 Å². The van der Waals surface area contributed by atoms with E-state index in [0.29, 0.717) is 31.0 Å². The predicted octanol–water partition coefficient (Wildman–Crippen LogP) is 1.16. The average Bonchev–Trinajstić information content (AvgIpc) is 2.83. The van der Waals surface area contributed by atoms with E-state index in [1.165, 1.54) is 0 Å². The zero-order chi connectivity index (χ0) is 16.9. The maximum absolute atomic E-state index is 11.9. The largest absolute Gasteiger partial charge is 0.392 e. The first-order valence-electron chi connectivity index (χ1n) is 7.70. The highest BCUT2D eigenvalue weighted by Gasteiger charge is 2.32. The molecular formula is C15H24ClN3O3S. The molecule has 0 bridgehead atoms. The van der Waals surface area contributed by atoms with Crippen molar-refractivity contribution >= 4 is 21.8 Å². The number of aliphatic hydroxyl groups excluding tert-OH is 1. The van der Waals surface area contributed by atoms with Gasteiger partial charge in [-0.25, -0.2) is 4.72 Å². The molecule has 2 rings (SSSR count). The molecule has 1 aliphatic rings. The minimum atomic E-state index is -3.52. The summed E-state index contributed by atoms with van der Waals surface area (Å²) in [7, 11) is -3.52. The molecule has 0 unspecified atom stereocenters. The topological polar surface area (TPSA) is 90.5 Å². The Morgan fingerprint density at radius 1 is 1.35 bits per heavy atom. The molecule has 1 fully saturated rings. The van der Waals surface area contributed by atoms with E-state index in [0.717, 1.165) is 12.0 Å². The summed E-state index contributed by atoms with van der Waals surface area (Å²) in [4.78, 5) is 0. The van der Waals surface area contributed by atoms with Gasteiger partial charge in [0.2, 0.25) is 0 Å². The monoisotopic (exact) mass is 361 g/mol. The normalized spacial score (nSPS) is 24.9. The van der Waals surface area contributed by atoms with Gasteiger partial charge in [-0.1, -0.05) is 23.7 Å². The number of aliphatic hydroxyl groups is 1. The molecule has 0 aromatic heterocycles. The van der Waals surface area contributed by atoms with Crippen LogP contribution in [0.1, 0.15) is 31.7 Å². The second kappa shape index (κ2) is 7.92. The molecule has 1 saturated heterocycles. The van der Waals surface area contributed by atoms with Crippen LogP contribution in [0.2, 0.25) is 5.02 Å². The number of rotatable bonds is 8. The van der Waals surface area contributed by atoms with Crippen LogP contribution in [-0.2, 0) is 16.8 Å². The zero-order valence-electron chi connectivity index (χ0n) is 13.2. The summed E-state index contributed by atoms with van der Waals surface area (Å²) in [6, 6.07) is 7.01. The minimum absolute atomic E-state index is 0.110. The van der Waals surface area contributed by atoms with E-state index in [1.54, 1.807) is 24.3 Å². The molecule has 0 saturated carbocycles. The summed E-state index contributed by atoms with van der Waals surface area (Å²) in [5.74, 6) is 0. The van der Waals surface area contributed by atoms with Crippen LogP contribution in [0.25, 0.3) is 0 Å². The fourth-order valence-electron chi connectivity index (χ4n) is 2.74. The zero-order valence-corrected chi connectivity index (χ0v) is 14.8. The lowest BCUT2D eigenvalue weighted by Crippen LogP contribution is -2.39. The third-order valence-corrected chi connectivity index (χ3v) is 5.39. The highest BCUT2D eigenvalue weighted by molar-refractivity contribution is 7.87. The molecule has 0 spiro atoms. The van der Waals surface area contributed by atoms with Crippen molar-refractivity contribution in [2.75, 3.05) is 13.1 Å². The number of hydrogen-bond acceptors (Lipinski definition) is 4. The van der Waals surface area contributed by atoms with Crippen LogP contribution in [0.15, 0.2) is 24.3 Å². The van der Waals surface area contributed by atoms with Gasteiger partial charge in [0.15, 0.2) is 0 Å². The third-order valence-electron chi connectivity index (χ3n) is 4.03. The minimum Gasteiger partial charge on any atom is -0.392 e. The van der Waals surface area contributed by atoms with Crippen LogP contribution < -0.4 is 14.8 Å². The van der Waals surface area contributed by atoms with Crippen LogP contribution in [0.4, 0.5) is 0 Å². The van der Waals surface area contributed by atoms with Gasteiger partial charge in [-0.05, 0) is 43.9 Å². The van der Waals surface area contributed by atoms with Gasteiger partial charge in [0, 0.05) is 30.2 Å². The highest BCUT2D eigenvalue weighted by atomic mass is 35.5. The van der Waals surface area contributed by atoms with E-state index in [1.807, 2.05) is 0 Å². The number of nitrogens with one attached hydrogen (secondary N) is 3. The molecule has 1 heterocycles. The summed E-state index contributed by atoms with van der Waals surface area (Å²) in [5.41, 5.74) is 0.734. The number of hydrogen-bond donors (Lipinski definition) is 4. The molecule has 0 amide bonds. The fourth-order valence-corrected chi connectivity index (χ4v) is 3.73. The first-order valence-corrected chi connectivity index (χ1v) is 9.56. The van der Waals surface area contributed by atoms with E-state index in [2.05, 4.69) is 21.7 Å². The van der Waals surface area contributed by atoms with Crippen LogP contribution in [0, 0.1) is 0 Å². The molecule has 8 heteroatoms. The molecule has 1 aromatic carbocycles. The summed E-state index contributed by atoms with van der Waals surface area (Å²) in [6.07, 6.45) is 1.91. The molecular weight excluding hydrogens is 338 g/mol. The lowest BCUT2D eigenvalue weighted by molar-refractivity contribution is 0.184. The standard InChI is InChI=1S/C15H24ClN3O3S/c1-15(9-14(20)11-17-15)7-2-8-18-23(21,22)19-10-12-3-5-13(16)6-4-12/h3-6,14,17-20H,2,7-11H2,1H3/t14-,15+/m1/s1. The molecule has 1 aromatic rings. The second-order valence-corrected chi connectivity index (χ2v) is 8.27. The fraction of sp³-hybridized carbons (Fsp3) is 0.600. The highest BCUT2D eigenvalue weighted by Crippen LogP contribution is 2.23. The summed E-state index contributed by atoms with van der Waals surface area (Å²) in [5, 5.41) is 13.5. The van der Waals surface area contributed by atoms with E-state index < -0.39 is 10.2 Å². The summed E-state index contributed by atoms with van der Waals surface area (Å²) in [6.45, 7) is 3.24. The van der Waals surface area contributed by atoms with Crippen LogP contribution in [-0.4, -0.2) is 38.3 Å². The molecule has 2 atom stereocenters. The van der Waals surface area contributed by atoms with E-state index in [4.69, 9.17) is 11.6 Å². The first-order chi connectivity index (χ1) is 10.8. The SMILES string of the molecule is C[C@]1(CCCNS(=O)(=O)NCc2ccc(Cl)cc2)C[C@@H](O)CN1. The van der Waals surface area contributed by atoms with Gasteiger partial charge in [-0.3, -0.25) is 0 Å². The van der Waals surface area contributed by atoms with Gasteiger partial charge in [0.25, 0.3) is 10.2 Å². The van der Waals surface area contributed by atoms with Crippen LogP contribution in [0.5, 0.6) is 0 Å². The second-order valence-electron chi connectivity index (χ2n) is 6.25. The average molecular weight is 362 g/mol. The molecule has 6 nitrogen and oxygen atoms in total. The van der Waals surface area contributed by atoms with Gasteiger partial charge >= 0.3 is 0 Å². The molecule has 130 valence electrons. The lowest BCUT2D eigenvalue weighted by atomic mass is 9.93. The quantitative estimate of drug-likeness (QED) is 0.523. The van der Waals surface area contributed by atoms with Gasteiger partial charge in [-0.15, -0.1) is 0 Å². The Kier molecular flexibility index (Phi) is 6.41. The van der Waals surface area contributed by atoms with Crippen molar-refractivity contribution in [1.29, 1.82) is 0 Å². The predicted molar refractivity (Wildman–Crippen MR) is 91.5 cm³/mol. The van der Waals surface area contributed by atoms with Crippen LogP contribution in [0.3, 0.4) is 0 Å². The number of benzene rings is 1. The van der Waals surface area contributed by atoms with Gasteiger partial charge < -0.3 is 10.4 Å². The molecule has 23 heavy (non-hydrogen) atoms. The Hall–Kier alpha value is -0.700. The smallest absolute Gasteiger partial charge is 0.277 e. The Bertz CT molecular complexity index is 609. The maximum Gasteiger partial charge on any atom is 0.277 e. The van der Waals surface area contributed by atoms with E-state index in [9.17, 15) is 13.5 Å². The van der Waals surface area contributed by atoms with Gasteiger partial charge in [0.05, 0.1) is 6.10 Å². The molecule has 1 aliphatic heterocycles. The van der Waals surface area contributed by atoms with Crippen molar-refractivity contribution in [1.82, 2.24) is 14.8 Å². The lowest BCUT2D eigenvalue weighted by Gasteiger charge is -2.24.